The summed E-state index contributed by atoms with van der Waals surface area (Å²) in [6.45, 7) is 6.69. The third-order valence-corrected chi connectivity index (χ3v) is 9.32. The normalized spacial score (nSPS) is 25.4. The van der Waals surface area contributed by atoms with Gasteiger partial charge in [0.15, 0.2) is 6.23 Å². The number of nitrogens with one attached hydrogen (secondary N) is 1. The fraction of sp³-hybridized carbons (Fsp3) is 0.545. The van der Waals surface area contributed by atoms with Crippen LogP contribution in [0.15, 0.2) is 53.5 Å². The molecule has 0 saturated heterocycles. The third kappa shape index (κ3) is 6.65. The molecule has 2 aromatic carbocycles. The molecule has 3 N–H and O–H groups in total. The second-order valence-corrected chi connectivity index (χ2v) is 13.3. The first-order chi connectivity index (χ1) is 20.2. The van der Waals surface area contributed by atoms with E-state index in [-0.39, 0.29) is 47.5 Å². The Hall–Kier alpha value is -3.24. The van der Waals surface area contributed by atoms with Crippen LogP contribution in [0.5, 0.6) is 0 Å². The molecule has 2 unspecified atom stereocenters. The van der Waals surface area contributed by atoms with Crippen molar-refractivity contribution >= 4 is 17.6 Å². The van der Waals surface area contributed by atoms with Gasteiger partial charge >= 0.3 is 12.1 Å². The summed E-state index contributed by atoms with van der Waals surface area (Å²) in [6, 6.07) is 11.9. The Bertz CT molecular complexity index is 1370. The van der Waals surface area contributed by atoms with Crippen molar-refractivity contribution in [1.29, 1.82) is 0 Å². The van der Waals surface area contributed by atoms with E-state index < -0.39 is 29.6 Å². The summed E-state index contributed by atoms with van der Waals surface area (Å²) in [7, 11) is 0. The van der Waals surface area contributed by atoms with Crippen molar-refractivity contribution in [1.82, 2.24) is 10.2 Å². The zero-order chi connectivity index (χ0) is 31.2. The molecule has 0 radical (unpaired) electrons. The molecule has 2 atom stereocenters. The molecule has 1 aliphatic heterocycles. The molecule has 232 valence electrons. The Kier molecular flexibility index (Phi) is 8.48. The number of hydrogen-bond donors (Lipinski definition) is 3. The van der Waals surface area contributed by atoms with Gasteiger partial charge in [0, 0.05) is 23.7 Å². The lowest BCUT2D eigenvalue weighted by Gasteiger charge is -2.48. The number of carbonyl (C=O) groups excluding carboxylic acids is 1. The highest BCUT2D eigenvalue weighted by molar-refractivity contribution is 6.05. The number of hydrogen-bond acceptors (Lipinski definition) is 5. The molecule has 3 aliphatic rings. The number of alkyl halides is 3. The van der Waals surface area contributed by atoms with E-state index in [0.717, 1.165) is 43.4 Å². The van der Waals surface area contributed by atoms with Gasteiger partial charge in [-0.25, -0.2) is 4.90 Å². The largest absolute Gasteiger partial charge is 0.481 e. The predicted octanol–water partition coefficient (Wildman–Crippen LogP) is 6.42. The molecule has 1 spiro atoms. The molecule has 1 amide bonds. The van der Waals surface area contributed by atoms with Crippen LogP contribution in [-0.4, -0.2) is 51.1 Å². The minimum atomic E-state index is -4.51. The monoisotopic (exact) mass is 599 g/mol. The van der Waals surface area contributed by atoms with Gasteiger partial charge in [-0.15, -0.1) is 0 Å². The summed E-state index contributed by atoms with van der Waals surface area (Å²) in [5.74, 6) is -0.671. The van der Waals surface area contributed by atoms with Crippen molar-refractivity contribution in [2.24, 2.45) is 22.2 Å². The molecule has 2 saturated carbocycles. The first-order valence-corrected chi connectivity index (χ1v) is 15.0. The van der Waals surface area contributed by atoms with E-state index in [4.69, 9.17) is 10.1 Å². The molecular formula is C33H40F3N3O4. The maximum atomic E-state index is 13.6. The number of carbonyl (C=O) groups is 2. The summed E-state index contributed by atoms with van der Waals surface area (Å²) < 4.78 is 40.9. The molecule has 2 fully saturated rings. The van der Waals surface area contributed by atoms with Crippen LogP contribution in [0, 0.1) is 17.3 Å². The van der Waals surface area contributed by atoms with Crippen LogP contribution in [0.4, 0.5) is 13.2 Å². The van der Waals surface area contributed by atoms with E-state index in [2.05, 4.69) is 26.1 Å². The number of halogens is 3. The molecule has 0 aromatic heterocycles. The summed E-state index contributed by atoms with van der Waals surface area (Å²) in [5, 5.41) is 23.4. The summed E-state index contributed by atoms with van der Waals surface area (Å²) >= 11 is 0. The quantitative estimate of drug-likeness (QED) is 0.325. The van der Waals surface area contributed by atoms with Crippen LogP contribution >= 0.6 is 0 Å². The number of aliphatic hydroxyl groups is 1. The smallest absolute Gasteiger partial charge is 0.416 e. The molecule has 2 aromatic rings. The molecule has 7 nitrogen and oxygen atoms in total. The van der Waals surface area contributed by atoms with Crippen molar-refractivity contribution in [3.63, 3.8) is 0 Å². The summed E-state index contributed by atoms with van der Waals surface area (Å²) in [6.07, 6.45) is -0.844. The summed E-state index contributed by atoms with van der Waals surface area (Å²) in [5.41, 5.74) is 0.400. The molecule has 0 bridgehead atoms. The first-order valence-electron chi connectivity index (χ1n) is 15.0. The number of aliphatic carboxylic acids is 1. The number of aliphatic imine (C=N–C) groups is 1. The number of rotatable bonds is 8. The topological polar surface area (TPSA) is 102 Å². The van der Waals surface area contributed by atoms with Gasteiger partial charge in [-0.1, -0.05) is 45.0 Å². The van der Waals surface area contributed by atoms with Gasteiger partial charge in [0.2, 0.25) is 0 Å². The predicted molar refractivity (Wildman–Crippen MR) is 156 cm³/mol. The maximum absolute atomic E-state index is 13.6. The minimum absolute atomic E-state index is 0.0221. The highest BCUT2D eigenvalue weighted by Crippen LogP contribution is 2.55. The standard InChI is InChI=1S/C33H40F3N3O4/c1-31(2,3)24-13-16-32(17-14-24)38-27(23-5-4-6-25(19-23)33(34,35)36)30(43)39(32)28(20-7-8-20)21-9-11-22(12-10-21)29(42)37-18-15-26(40)41/h4-6,9-12,19-20,24,28,30,43H,7-8,13-18H2,1-3H3,(H,37,42)(H,40,41). The molecule has 2 aliphatic carbocycles. The van der Waals surface area contributed by atoms with E-state index in [1.807, 2.05) is 17.0 Å². The highest BCUT2D eigenvalue weighted by atomic mass is 19.4. The van der Waals surface area contributed by atoms with E-state index in [9.17, 15) is 27.9 Å². The SMILES string of the molecule is CC(C)(C)C1CCC2(CC1)N=C(c1cccc(C(F)(F)F)c1)C(O)N2C(c1ccc(C(=O)NCCC(=O)O)cc1)C1CC1. The first kappa shape index (κ1) is 31.2. The van der Waals surface area contributed by atoms with Gasteiger partial charge in [0.25, 0.3) is 5.91 Å². The molecular weight excluding hydrogens is 559 g/mol. The van der Waals surface area contributed by atoms with Crippen molar-refractivity contribution in [3.8, 4) is 0 Å². The average molecular weight is 600 g/mol. The van der Waals surface area contributed by atoms with Crippen molar-refractivity contribution < 1.29 is 33.0 Å². The van der Waals surface area contributed by atoms with Crippen LogP contribution in [0.1, 0.15) is 98.8 Å². The lowest BCUT2D eigenvalue weighted by Crippen LogP contribution is -2.53. The lowest BCUT2D eigenvalue weighted by molar-refractivity contribution is -0.138. The van der Waals surface area contributed by atoms with E-state index in [1.54, 1.807) is 18.2 Å². The second kappa shape index (κ2) is 11.7. The van der Waals surface area contributed by atoms with E-state index >= 15 is 0 Å². The summed E-state index contributed by atoms with van der Waals surface area (Å²) in [4.78, 5) is 30.5. The zero-order valence-electron chi connectivity index (χ0n) is 24.8. The highest BCUT2D eigenvalue weighted by Gasteiger charge is 2.55. The molecule has 43 heavy (non-hydrogen) atoms. The van der Waals surface area contributed by atoms with Crippen LogP contribution in [0.2, 0.25) is 0 Å². The number of benzene rings is 2. The minimum Gasteiger partial charge on any atom is -0.481 e. The van der Waals surface area contributed by atoms with E-state index in [1.165, 1.54) is 6.07 Å². The fourth-order valence-electron chi connectivity index (χ4n) is 6.78. The van der Waals surface area contributed by atoms with Crippen LogP contribution < -0.4 is 5.32 Å². The fourth-order valence-corrected chi connectivity index (χ4v) is 6.78. The van der Waals surface area contributed by atoms with E-state index in [0.29, 0.717) is 24.3 Å². The zero-order valence-corrected chi connectivity index (χ0v) is 24.8. The number of carboxylic acid groups (broad SMARTS) is 1. The maximum Gasteiger partial charge on any atom is 0.416 e. The van der Waals surface area contributed by atoms with Crippen molar-refractivity contribution in [2.45, 2.75) is 89.8 Å². The van der Waals surface area contributed by atoms with Gasteiger partial charge in [-0.3, -0.25) is 14.6 Å². The van der Waals surface area contributed by atoms with Crippen LogP contribution in [0.25, 0.3) is 0 Å². The Morgan fingerprint density at radius 2 is 1.70 bits per heavy atom. The Balaban J connectivity index is 1.49. The van der Waals surface area contributed by atoms with Crippen LogP contribution in [-0.2, 0) is 11.0 Å². The second-order valence-electron chi connectivity index (χ2n) is 13.3. The lowest BCUT2D eigenvalue weighted by atomic mass is 9.69. The number of amides is 1. The van der Waals surface area contributed by atoms with Crippen LogP contribution in [0.3, 0.4) is 0 Å². The Labute approximate surface area is 250 Å². The number of carboxylic acids is 1. The van der Waals surface area contributed by atoms with Gasteiger partial charge in [0.05, 0.1) is 17.7 Å². The Morgan fingerprint density at radius 3 is 2.26 bits per heavy atom. The van der Waals surface area contributed by atoms with Gasteiger partial charge in [-0.05, 0) is 85.6 Å². The molecule has 1 heterocycles. The third-order valence-electron chi connectivity index (χ3n) is 9.32. The van der Waals surface area contributed by atoms with Crippen molar-refractivity contribution in [2.75, 3.05) is 6.54 Å². The number of nitrogens with zero attached hydrogens (tertiary/aromatic N) is 2. The Morgan fingerprint density at radius 1 is 1.05 bits per heavy atom. The van der Waals surface area contributed by atoms with Crippen molar-refractivity contribution in [3.05, 3.63) is 70.8 Å². The number of aliphatic hydroxyl groups excluding tert-OH is 1. The van der Waals surface area contributed by atoms with Gasteiger partial charge in [-0.2, -0.15) is 13.2 Å². The van der Waals surface area contributed by atoms with Gasteiger partial charge < -0.3 is 15.5 Å². The van der Waals surface area contributed by atoms with Gasteiger partial charge in [0.1, 0.15) is 5.66 Å². The average Bonchev–Trinajstić information content (AvgIpc) is 3.75. The molecule has 5 rings (SSSR count). The molecule has 10 heteroatoms.